The zero-order chi connectivity index (χ0) is 15.8. The molecule has 7 heteroatoms. The van der Waals surface area contributed by atoms with Gasteiger partial charge in [0.25, 0.3) is 0 Å². The monoisotopic (exact) mass is 338 g/mol. The molecule has 1 N–H and O–H groups in total. The predicted molar refractivity (Wildman–Crippen MR) is 84.5 cm³/mol. The zero-order valence-electron chi connectivity index (χ0n) is 12.0. The average molecular weight is 339 g/mol. The number of hydrogen-bond acceptors (Lipinski definition) is 3. The Morgan fingerprint density at radius 1 is 1.41 bits per heavy atom. The number of halogens is 2. The smallest absolute Gasteiger partial charge is 0.229 e. The van der Waals surface area contributed by atoms with E-state index in [1.807, 2.05) is 30.3 Å². The molecule has 5 nitrogen and oxygen atoms in total. The molecule has 1 aliphatic carbocycles. The minimum Gasteiger partial charge on any atom is -0.347 e. The topological polar surface area (TPSA) is 59.8 Å². The highest BCUT2D eigenvalue weighted by Gasteiger charge is 2.68. The van der Waals surface area contributed by atoms with E-state index in [1.165, 1.54) is 6.33 Å². The van der Waals surface area contributed by atoms with Crippen molar-refractivity contribution in [1.82, 2.24) is 20.1 Å². The van der Waals surface area contributed by atoms with Crippen LogP contribution in [-0.2, 0) is 11.3 Å². The summed E-state index contributed by atoms with van der Waals surface area (Å²) in [5, 5.41) is 7.13. The van der Waals surface area contributed by atoms with Crippen molar-refractivity contribution in [3.8, 4) is 0 Å². The second kappa shape index (κ2) is 5.56. The molecule has 0 unspecified atom stereocenters. The fourth-order valence-corrected chi connectivity index (χ4v) is 3.10. The van der Waals surface area contributed by atoms with E-state index in [9.17, 15) is 4.79 Å². The van der Waals surface area contributed by atoms with E-state index in [2.05, 4.69) is 15.4 Å². The van der Waals surface area contributed by atoms with Gasteiger partial charge in [-0.15, -0.1) is 23.2 Å². The molecule has 1 fully saturated rings. The lowest BCUT2D eigenvalue weighted by Crippen LogP contribution is -2.38. The van der Waals surface area contributed by atoms with Crippen LogP contribution in [-0.4, -0.2) is 25.0 Å². The summed E-state index contributed by atoms with van der Waals surface area (Å²) in [6.45, 7) is 2.27. The molecule has 1 saturated carbocycles. The Kier molecular flexibility index (Phi) is 3.87. The number of carbonyl (C=O) groups excluding carboxylic acids is 1. The van der Waals surface area contributed by atoms with Crippen LogP contribution in [0.15, 0.2) is 43.0 Å². The van der Waals surface area contributed by atoms with Crippen molar-refractivity contribution < 1.29 is 4.79 Å². The number of amides is 1. The van der Waals surface area contributed by atoms with Crippen LogP contribution in [0.3, 0.4) is 0 Å². The first-order valence-electron chi connectivity index (χ1n) is 6.98. The normalized spacial score (nSPS) is 23.8. The first-order valence-corrected chi connectivity index (χ1v) is 7.74. The Bertz CT molecular complexity index is 659. The van der Waals surface area contributed by atoms with Crippen LogP contribution in [0.2, 0.25) is 0 Å². The molecule has 3 rings (SSSR count). The van der Waals surface area contributed by atoms with Crippen molar-refractivity contribution in [2.24, 2.45) is 5.41 Å². The number of carbonyl (C=O) groups is 1. The van der Waals surface area contributed by atoms with Crippen LogP contribution in [0.25, 0.3) is 0 Å². The number of rotatable bonds is 5. The summed E-state index contributed by atoms with van der Waals surface area (Å²) in [4.78, 5) is 16.5. The third-order valence-corrected chi connectivity index (χ3v) is 5.20. The van der Waals surface area contributed by atoms with Gasteiger partial charge < -0.3 is 5.32 Å². The van der Waals surface area contributed by atoms with Crippen molar-refractivity contribution in [1.29, 1.82) is 0 Å². The van der Waals surface area contributed by atoms with Gasteiger partial charge in [-0.3, -0.25) is 9.48 Å². The van der Waals surface area contributed by atoms with Crippen LogP contribution < -0.4 is 5.32 Å². The molecular weight excluding hydrogens is 323 g/mol. The fourth-order valence-electron chi connectivity index (χ4n) is 2.40. The van der Waals surface area contributed by atoms with Crippen molar-refractivity contribution >= 4 is 29.1 Å². The third-order valence-electron chi connectivity index (χ3n) is 4.10. The molecule has 116 valence electrons. The van der Waals surface area contributed by atoms with Gasteiger partial charge in [0.15, 0.2) is 0 Å². The summed E-state index contributed by atoms with van der Waals surface area (Å²) in [5.41, 5.74) is 0.247. The minimum absolute atomic E-state index is 0.147. The van der Waals surface area contributed by atoms with Crippen molar-refractivity contribution in [3.63, 3.8) is 0 Å². The Balaban J connectivity index is 1.79. The summed E-state index contributed by atoms with van der Waals surface area (Å²) in [7, 11) is 0. The highest BCUT2D eigenvalue weighted by Crippen LogP contribution is 2.63. The number of nitrogens with one attached hydrogen (secondary N) is 1. The average Bonchev–Trinajstić information content (AvgIpc) is 2.85. The first kappa shape index (κ1) is 15.3. The van der Waals surface area contributed by atoms with Crippen molar-refractivity contribution in [3.05, 3.63) is 48.5 Å². The van der Waals surface area contributed by atoms with Gasteiger partial charge >= 0.3 is 0 Å². The molecule has 0 spiro atoms. The highest BCUT2D eigenvalue weighted by atomic mass is 35.5. The molecule has 1 aromatic heterocycles. The van der Waals surface area contributed by atoms with Crippen LogP contribution in [0.5, 0.6) is 0 Å². The number of nitrogens with zero attached hydrogens (tertiary/aromatic N) is 3. The SMILES string of the molecule is C[C@@]1(C(=O)N[C@@H](Cn2cncn2)c2ccccc2)CC1(Cl)Cl. The van der Waals surface area contributed by atoms with Gasteiger partial charge in [0.1, 0.15) is 17.0 Å². The molecule has 1 aromatic carbocycles. The third kappa shape index (κ3) is 2.83. The maximum absolute atomic E-state index is 12.5. The second-order valence-corrected chi connectivity index (χ2v) is 7.25. The summed E-state index contributed by atoms with van der Waals surface area (Å²) >= 11 is 12.2. The van der Waals surface area contributed by atoms with Gasteiger partial charge in [0.2, 0.25) is 5.91 Å². The Hall–Kier alpha value is -1.59. The van der Waals surface area contributed by atoms with Gasteiger partial charge in [-0.25, -0.2) is 4.98 Å². The van der Waals surface area contributed by atoms with E-state index in [-0.39, 0.29) is 11.9 Å². The van der Waals surface area contributed by atoms with Crippen molar-refractivity contribution in [2.75, 3.05) is 0 Å². The Labute approximate surface area is 138 Å². The second-order valence-electron chi connectivity index (χ2n) is 5.77. The largest absolute Gasteiger partial charge is 0.347 e. The van der Waals surface area contributed by atoms with E-state index in [4.69, 9.17) is 23.2 Å². The van der Waals surface area contributed by atoms with E-state index in [1.54, 1.807) is 17.9 Å². The molecule has 0 aliphatic heterocycles. The lowest BCUT2D eigenvalue weighted by Gasteiger charge is -2.22. The van der Waals surface area contributed by atoms with Gasteiger partial charge in [0, 0.05) is 0 Å². The van der Waals surface area contributed by atoms with Gasteiger partial charge in [-0.1, -0.05) is 30.3 Å². The number of hydrogen-bond donors (Lipinski definition) is 1. The van der Waals surface area contributed by atoms with E-state index >= 15 is 0 Å². The summed E-state index contributed by atoms with van der Waals surface area (Å²) < 4.78 is 0.702. The molecule has 1 amide bonds. The lowest BCUT2D eigenvalue weighted by atomic mass is 10.0. The molecule has 1 heterocycles. The molecule has 2 atom stereocenters. The number of benzene rings is 1. The molecular formula is C15H16Cl2N4O. The molecule has 2 aromatic rings. The number of alkyl halides is 2. The van der Waals surface area contributed by atoms with Crippen LogP contribution in [0, 0.1) is 5.41 Å². The summed E-state index contributed by atoms with van der Waals surface area (Å²) in [6.07, 6.45) is 3.54. The minimum atomic E-state index is -0.981. The molecule has 0 radical (unpaired) electrons. The maximum atomic E-state index is 12.5. The van der Waals surface area contributed by atoms with Gasteiger partial charge in [-0.2, -0.15) is 5.10 Å². The van der Waals surface area contributed by atoms with E-state index in [0.717, 1.165) is 5.56 Å². The molecule has 0 saturated heterocycles. The fraction of sp³-hybridized carbons (Fsp3) is 0.400. The molecule has 22 heavy (non-hydrogen) atoms. The Morgan fingerprint density at radius 2 is 2.09 bits per heavy atom. The van der Waals surface area contributed by atoms with Crippen LogP contribution in [0.1, 0.15) is 24.9 Å². The number of aromatic nitrogens is 3. The molecule has 0 bridgehead atoms. The van der Waals surface area contributed by atoms with Crippen molar-refractivity contribution in [2.45, 2.75) is 30.3 Å². The lowest BCUT2D eigenvalue weighted by molar-refractivity contribution is -0.126. The van der Waals surface area contributed by atoms with E-state index in [0.29, 0.717) is 13.0 Å². The zero-order valence-corrected chi connectivity index (χ0v) is 13.6. The van der Waals surface area contributed by atoms with E-state index < -0.39 is 9.75 Å². The maximum Gasteiger partial charge on any atom is 0.229 e. The van der Waals surface area contributed by atoms with Crippen LogP contribution >= 0.6 is 23.2 Å². The summed E-state index contributed by atoms with van der Waals surface area (Å²) in [6, 6.07) is 9.50. The Morgan fingerprint density at radius 3 is 2.64 bits per heavy atom. The van der Waals surface area contributed by atoms with Gasteiger partial charge in [-0.05, 0) is 18.9 Å². The highest BCUT2D eigenvalue weighted by molar-refractivity contribution is 6.53. The van der Waals surface area contributed by atoms with Crippen LogP contribution in [0.4, 0.5) is 0 Å². The standard InChI is InChI=1S/C15H16Cl2N4O/c1-14(8-15(14,16)17)13(22)20-12(7-21-10-18-9-19-21)11-5-3-2-4-6-11/h2-6,9-10,12H,7-8H2,1H3,(H,20,22)/t12-,14-/m0/s1. The summed E-state index contributed by atoms with van der Waals surface area (Å²) in [5.74, 6) is -0.147. The predicted octanol–water partition coefficient (Wildman–Crippen LogP) is 2.72. The van der Waals surface area contributed by atoms with Gasteiger partial charge in [0.05, 0.1) is 18.0 Å². The molecule has 1 aliphatic rings. The quantitative estimate of drug-likeness (QED) is 0.852. The first-order chi connectivity index (χ1) is 10.4.